The monoisotopic (exact) mass is 244 g/mol. The van der Waals surface area contributed by atoms with Gasteiger partial charge in [-0.15, -0.1) is 0 Å². The minimum Gasteiger partial charge on any atom is -0.494 e. The molecule has 3 heteroatoms. The average molecular weight is 244 g/mol. The Morgan fingerprint density at radius 2 is 1.72 bits per heavy atom. The molecule has 2 aromatic rings. The highest BCUT2D eigenvalue weighted by atomic mass is 16.5. The molecule has 0 atom stereocenters. The molecule has 2 rings (SSSR count). The van der Waals surface area contributed by atoms with Crippen molar-refractivity contribution in [3.8, 4) is 5.75 Å². The summed E-state index contributed by atoms with van der Waals surface area (Å²) in [6.07, 6.45) is 0. The molecule has 0 aromatic heterocycles. The first-order valence-electron chi connectivity index (χ1n) is 6.08. The van der Waals surface area contributed by atoms with Crippen LogP contribution in [0.2, 0.25) is 0 Å². The van der Waals surface area contributed by atoms with Crippen molar-refractivity contribution in [2.24, 2.45) is 0 Å². The molecule has 18 heavy (non-hydrogen) atoms. The van der Waals surface area contributed by atoms with Gasteiger partial charge in [0.1, 0.15) is 5.75 Å². The Hall–Kier alpha value is -2.03. The molecule has 0 amide bonds. The number of ether oxygens (including phenoxy) is 2. The smallest absolute Gasteiger partial charge is 0.338 e. The third-order valence-electron chi connectivity index (χ3n) is 2.63. The molecule has 0 aliphatic rings. The normalized spacial score (nSPS) is 10.3. The highest BCUT2D eigenvalue weighted by Crippen LogP contribution is 2.22. The van der Waals surface area contributed by atoms with Gasteiger partial charge < -0.3 is 9.47 Å². The zero-order chi connectivity index (χ0) is 13.0. The van der Waals surface area contributed by atoms with E-state index >= 15 is 0 Å². The van der Waals surface area contributed by atoms with E-state index in [-0.39, 0.29) is 5.97 Å². The van der Waals surface area contributed by atoms with E-state index in [4.69, 9.17) is 9.47 Å². The SMILES string of the molecule is CCOC(=O)c1ccc2cc(OCC)ccc2c1. The summed E-state index contributed by atoms with van der Waals surface area (Å²) in [6, 6.07) is 11.3. The van der Waals surface area contributed by atoms with Crippen LogP contribution in [0, 0.1) is 0 Å². The largest absolute Gasteiger partial charge is 0.494 e. The molecule has 0 aliphatic carbocycles. The number of rotatable bonds is 4. The summed E-state index contributed by atoms with van der Waals surface area (Å²) in [5.74, 6) is 0.558. The van der Waals surface area contributed by atoms with E-state index < -0.39 is 0 Å². The maximum absolute atomic E-state index is 11.6. The van der Waals surface area contributed by atoms with Gasteiger partial charge >= 0.3 is 5.97 Å². The van der Waals surface area contributed by atoms with Gasteiger partial charge in [0.15, 0.2) is 0 Å². The van der Waals surface area contributed by atoms with Gasteiger partial charge in [-0.1, -0.05) is 12.1 Å². The fraction of sp³-hybridized carbons (Fsp3) is 0.267. The van der Waals surface area contributed by atoms with Gasteiger partial charge in [-0.25, -0.2) is 4.79 Å². The summed E-state index contributed by atoms with van der Waals surface area (Å²) in [5, 5.41) is 2.05. The molecule has 0 saturated heterocycles. The molecule has 0 heterocycles. The Morgan fingerprint density at radius 1 is 1.00 bits per heavy atom. The average Bonchev–Trinajstić information content (AvgIpc) is 2.39. The molecule has 2 aromatic carbocycles. The van der Waals surface area contributed by atoms with Crippen molar-refractivity contribution < 1.29 is 14.3 Å². The quantitative estimate of drug-likeness (QED) is 0.773. The lowest BCUT2D eigenvalue weighted by molar-refractivity contribution is 0.0526. The van der Waals surface area contributed by atoms with Crippen molar-refractivity contribution >= 4 is 16.7 Å². The number of benzene rings is 2. The first-order valence-corrected chi connectivity index (χ1v) is 6.08. The molecule has 0 aliphatic heterocycles. The predicted octanol–water partition coefficient (Wildman–Crippen LogP) is 3.42. The topological polar surface area (TPSA) is 35.5 Å². The number of carbonyl (C=O) groups is 1. The standard InChI is InChI=1S/C15H16O3/c1-3-17-14-8-7-11-9-13(15(16)18-4-2)6-5-12(11)10-14/h5-10H,3-4H2,1-2H3. The first-order chi connectivity index (χ1) is 8.74. The number of fused-ring (bicyclic) bond motifs is 1. The first kappa shape index (κ1) is 12.4. The van der Waals surface area contributed by atoms with Gasteiger partial charge in [0, 0.05) is 0 Å². The second kappa shape index (κ2) is 5.54. The second-order valence-corrected chi connectivity index (χ2v) is 3.88. The van der Waals surface area contributed by atoms with Gasteiger partial charge in [-0.05, 0) is 48.9 Å². The zero-order valence-electron chi connectivity index (χ0n) is 10.6. The molecule has 0 bridgehead atoms. The molecule has 0 saturated carbocycles. The fourth-order valence-electron chi connectivity index (χ4n) is 1.82. The van der Waals surface area contributed by atoms with E-state index in [1.165, 1.54) is 0 Å². The van der Waals surface area contributed by atoms with Crippen LogP contribution in [-0.4, -0.2) is 19.2 Å². The van der Waals surface area contributed by atoms with Crippen molar-refractivity contribution in [1.82, 2.24) is 0 Å². The Balaban J connectivity index is 2.35. The maximum Gasteiger partial charge on any atom is 0.338 e. The van der Waals surface area contributed by atoms with E-state index in [2.05, 4.69) is 0 Å². The Morgan fingerprint density at radius 3 is 2.44 bits per heavy atom. The molecular weight excluding hydrogens is 228 g/mol. The Labute approximate surface area is 106 Å². The van der Waals surface area contributed by atoms with Crippen molar-refractivity contribution in [2.45, 2.75) is 13.8 Å². The predicted molar refractivity (Wildman–Crippen MR) is 71.1 cm³/mol. The molecule has 0 fully saturated rings. The van der Waals surface area contributed by atoms with Crippen LogP contribution >= 0.6 is 0 Å². The van der Waals surface area contributed by atoms with Crippen LogP contribution in [0.25, 0.3) is 10.8 Å². The molecule has 0 spiro atoms. The van der Waals surface area contributed by atoms with E-state index in [1.54, 1.807) is 13.0 Å². The summed E-state index contributed by atoms with van der Waals surface area (Å²) in [4.78, 5) is 11.6. The molecule has 0 radical (unpaired) electrons. The lowest BCUT2D eigenvalue weighted by Crippen LogP contribution is -2.04. The van der Waals surface area contributed by atoms with Crippen molar-refractivity contribution in [2.75, 3.05) is 13.2 Å². The molecular formula is C15H16O3. The Bertz CT molecular complexity index is 561. The third-order valence-corrected chi connectivity index (χ3v) is 2.63. The van der Waals surface area contributed by atoms with Crippen LogP contribution in [0.4, 0.5) is 0 Å². The van der Waals surface area contributed by atoms with Gasteiger partial charge in [-0.3, -0.25) is 0 Å². The summed E-state index contributed by atoms with van der Waals surface area (Å²) < 4.78 is 10.4. The summed E-state index contributed by atoms with van der Waals surface area (Å²) in [5.41, 5.74) is 0.577. The highest BCUT2D eigenvalue weighted by molar-refractivity contribution is 5.95. The molecule has 0 unspecified atom stereocenters. The van der Waals surface area contributed by atoms with Crippen molar-refractivity contribution in [3.05, 3.63) is 42.0 Å². The summed E-state index contributed by atoms with van der Waals surface area (Å²) in [6.45, 7) is 4.79. The summed E-state index contributed by atoms with van der Waals surface area (Å²) in [7, 11) is 0. The minimum atomic E-state index is -0.284. The van der Waals surface area contributed by atoms with E-state index in [0.717, 1.165) is 16.5 Å². The van der Waals surface area contributed by atoms with Crippen molar-refractivity contribution in [1.29, 1.82) is 0 Å². The second-order valence-electron chi connectivity index (χ2n) is 3.88. The van der Waals surface area contributed by atoms with Crippen LogP contribution in [0.15, 0.2) is 36.4 Å². The molecule has 0 N–H and O–H groups in total. The number of carbonyl (C=O) groups excluding carboxylic acids is 1. The van der Waals surface area contributed by atoms with Gasteiger partial charge in [0.25, 0.3) is 0 Å². The summed E-state index contributed by atoms with van der Waals surface area (Å²) >= 11 is 0. The van der Waals surface area contributed by atoms with Crippen LogP contribution < -0.4 is 4.74 Å². The van der Waals surface area contributed by atoms with Crippen LogP contribution in [0.3, 0.4) is 0 Å². The number of esters is 1. The number of hydrogen-bond acceptors (Lipinski definition) is 3. The minimum absolute atomic E-state index is 0.284. The van der Waals surface area contributed by atoms with E-state index in [9.17, 15) is 4.79 Å². The molecule has 3 nitrogen and oxygen atoms in total. The van der Waals surface area contributed by atoms with Crippen LogP contribution in [0.1, 0.15) is 24.2 Å². The molecule has 94 valence electrons. The Kier molecular flexibility index (Phi) is 3.82. The van der Waals surface area contributed by atoms with E-state index in [1.807, 2.05) is 37.3 Å². The third kappa shape index (κ3) is 2.62. The maximum atomic E-state index is 11.6. The van der Waals surface area contributed by atoms with Gasteiger partial charge in [-0.2, -0.15) is 0 Å². The van der Waals surface area contributed by atoms with Gasteiger partial charge in [0.2, 0.25) is 0 Å². The number of hydrogen-bond donors (Lipinski definition) is 0. The van der Waals surface area contributed by atoms with Crippen LogP contribution in [0.5, 0.6) is 5.75 Å². The zero-order valence-corrected chi connectivity index (χ0v) is 10.6. The van der Waals surface area contributed by atoms with Gasteiger partial charge in [0.05, 0.1) is 18.8 Å². The van der Waals surface area contributed by atoms with Crippen molar-refractivity contribution in [3.63, 3.8) is 0 Å². The highest BCUT2D eigenvalue weighted by Gasteiger charge is 2.07. The van der Waals surface area contributed by atoms with Crippen LogP contribution in [-0.2, 0) is 4.74 Å². The fourth-order valence-corrected chi connectivity index (χ4v) is 1.82. The lowest BCUT2D eigenvalue weighted by Gasteiger charge is -2.06. The van der Waals surface area contributed by atoms with E-state index in [0.29, 0.717) is 18.8 Å². The lowest BCUT2D eigenvalue weighted by atomic mass is 10.1.